The van der Waals surface area contributed by atoms with Crippen molar-refractivity contribution >= 4 is 22.2 Å². The van der Waals surface area contributed by atoms with Gasteiger partial charge in [0, 0.05) is 17.4 Å². The van der Waals surface area contributed by atoms with Gasteiger partial charge in [-0.25, -0.2) is 4.79 Å². The maximum absolute atomic E-state index is 12.3. The Morgan fingerprint density at radius 3 is 2.67 bits per heavy atom. The van der Waals surface area contributed by atoms with Gasteiger partial charge in [-0.15, -0.1) is 0 Å². The molecule has 0 aliphatic rings. The van der Waals surface area contributed by atoms with Crippen LogP contribution in [0.4, 0.5) is 5.69 Å². The minimum absolute atomic E-state index is 0.106. The van der Waals surface area contributed by atoms with Gasteiger partial charge in [0.2, 0.25) is 0 Å². The molecule has 24 heavy (non-hydrogen) atoms. The fraction of sp³-hybridized carbons (Fsp3) is 0.150. The van der Waals surface area contributed by atoms with Crippen molar-refractivity contribution < 1.29 is 9.52 Å². The second kappa shape index (κ2) is 6.24. The third kappa shape index (κ3) is 2.91. The van der Waals surface area contributed by atoms with E-state index in [1.54, 1.807) is 25.1 Å². The van der Waals surface area contributed by atoms with E-state index in [0.717, 1.165) is 11.1 Å². The molecule has 2 aromatic carbocycles. The zero-order valence-corrected chi connectivity index (χ0v) is 13.7. The van der Waals surface area contributed by atoms with Crippen molar-refractivity contribution in [1.29, 1.82) is 0 Å². The van der Waals surface area contributed by atoms with Crippen molar-refractivity contribution in [3.63, 3.8) is 0 Å². The molecule has 0 amide bonds. The molecule has 1 heterocycles. The number of hydrogen-bond acceptors (Lipinski definition) is 4. The van der Waals surface area contributed by atoms with E-state index in [1.807, 2.05) is 37.3 Å². The van der Waals surface area contributed by atoms with Crippen LogP contribution in [-0.2, 0) is 6.42 Å². The van der Waals surface area contributed by atoms with E-state index >= 15 is 0 Å². The number of aryl methyl sites for hydroxylation is 1. The Morgan fingerprint density at radius 1 is 1.17 bits per heavy atom. The summed E-state index contributed by atoms with van der Waals surface area (Å²) in [6.45, 7) is 3.68. The molecule has 0 unspecified atom stereocenters. The van der Waals surface area contributed by atoms with Crippen molar-refractivity contribution in [2.45, 2.75) is 20.3 Å². The highest BCUT2D eigenvalue weighted by molar-refractivity contribution is 5.94. The first kappa shape index (κ1) is 15.9. The summed E-state index contributed by atoms with van der Waals surface area (Å²) in [6.07, 6.45) is 0.333. The van der Waals surface area contributed by atoms with E-state index in [9.17, 15) is 9.90 Å². The van der Waals surface area contributed by atoms with Crippen LogP contribution in [0.3, 0.4) is 0 Å². The summed E-state index contributed by atoms with van der Waals surface area (Å²) in [5.41, 5.74) is 9.14. The Morgan fingerprint density at radius 2 is 1.92 bits per heavy atom. The molecule has 0 saturated carbocycles. The number of nitrogen functional groups attached to an aromatic ring is 1. The zero-order chi connectivity index (χ0) is 17.3. The summed E-state index contributed by atoms with van der Waals surface area (Å²) >= 11 is 0. The Labute approximate surface area is 139 Å². The largest absolute Gasteiger partial charge is 0.512 e. The van der Waals surface area contributed by atoms with Crippen LogP contribution in [-0.4, -0.2) is 5.11 Å². The van der Waals surface area contributed by atoms with Gasteiger partial charge in [0.05, 0.1) is 11.3 Å². The lowest BCUT2D eigenvalue weighted by Gasteiger charge is -2.10. The fourth-order valence-corrected chi connectivity index (χ4v) is 2.82. The second-order valence-corrected chi connectivity index (χ2v) is 5.91. The predicted octanol–water partition coefficient (Wildman–Crippen LogP) is 4.22. The first-order chi connectivity index (χ1) is 11.5. The highest BCUT2D eigenvalue weighted by atomic mass is 16.4. The van der Waals surface area contributed by atoms with Gasteiger partial charge >= 0.3 is 5.63 Å². The lowest BCUT2D eigenvalue weighted by Crippen LogP contribution is -2.11. The number of nitrogens with two attached hydrogens (primary N) is 1. The number of rotatable bonds is 3. The normalized spacial score (nSPS) is 12.2. The Hall–Kier alpha value is -3.01. The summed E-state index contributed by atoms with van der Waals surface area (Å²) in [5, 5.41) is 11.1. The maximum Gasteiger partial charge on any atom is 0.346 e. The number of hydrogen-bond donors (Lipinski definition) is 2. The molecule has 3 rings (SSSR count). The highest BCUT2D eigenvalue weighted by Crippen LogP contribution is 2.28. The van der Waals surface area contributed by atoms with Crippen molar-refractivity contribution in [3.8, 4) is 0 Å². The summed E-state index contributed by atoms with van der Waals surface area (Å²) in [5.74, 6) is 0.106. The van der Waals surface area contributed by atoms with E-state index in [-0.39, 0.29) is 11.3 Å². The topological polar surface area (TPSA) is 76.5 Å². The molecular formula is C20H19NO3. The fourth-order valence-electron chi connectivity index (χ4n) is 2.82. The lowest BCUT2D eigenvalue weighted by atomic mass is 10.00. The molecule has 1 aromatic heterocycles. The molecule has 0 fully saturated rings. The van der Waals surface area contributed by atoms with Crippen LogP contribution < -0.4 is 11.4 Å². The van der Waals surface area contributed by atoms with Crippen LogP contribution in [0.2, 0.25) is 0 Å². The minimum Gasteiger partial charge on any atom is -0.512 e. The van der Waals surface area contributed by atoms with Gasteiger partial charge in [-0.2, -0.15) is 0 Å². The second-order valence-electron chi connectivity index (χ2n) is 5.91. The van der Waals surface area contributed by atoms with Crippen molar-refractivity contribution in [3.05, 3.63) is 81.4 Å². The molecule has 4 heteroatoms. The van der Waals surface area contributed by atoms with Crippen molar-refractivity contribution in [2.24, 2.45) is 0 Å². The van der Waals surface area contributed by atoms with Crippen LogP contribution in [0.1, 0.15) is 23.6 Å². The van der Waals surface area contributed by atoms with E-state index in [1.165, 1.54) is 0 Å². The van der Waals surface area contributed by atoms with Crippen LogP contribution in [0.25, 0.3) is 16.5 Å². The third-order valence-corrected chi connectivity index (χ3v) is 4.12. The first-order valence-corrected chi connectivity index (χ1v) is 7.73. The molecule has 0 aliphatic carbocycles. The van der Waals surface area contributed by atoms with E-state index in [2.05, 4.69) is 0 Å². The average molecular weight is 321 g/mol. The molecule has 0 spiro atoms. The van der Waals surface area contributed by atoms with Crippen molar-refractivity contribution in [2.75, 3.05) is 5.73 Å². The monoisotopic (exact) mass is 321 g/mol. The molecule has 3 N–H and O–H groups in total. The predicted molar refractivity (Wildman–Crippen MR) is 97.0 cm³/mol. The Kier molecular flexibility index (Phi) is 4.13. The van der Waals surface area contributed by atoms with Gasteiger partial charge in [0.25, 0.3) is 0 Å². The Balaban J connectivity index is 2.10. The van der Waals surface area contributed by atoms with Crippen LogP contribution in [0, 0.1) is 6.92 Å². The quantitative estimate of drug-likeness (QED) is 0.559. The van der Waals surface area contributed by atoms with Crippen LogP contribution in [0.15, 0.2) is 63.5 Å². The number of aliphatic hydroxyl groups excluding tert-OH is 1. The van der Waals surface area contributed by atoms with Gasteiger partial charge in [0.15, 0.2) is 0 Å². The highest BCUT2D eigenvalue weighted by Gasteiger charge is 2.16. The van der Waals surface area contributed by atoms with Gasteiger partial charge in [-0.05, 0) is 31.5 Å². The number of benzene rings is 2. The molecule has 0 bridgehead atoms. The molecule has 122 valence electrons. The summed E-state index contributed by atoms with van der Waals surface area (Å²) in [4.78, 5) is 12.3. The third-order valence-electron chi connectivity index (χ3n) is 4.12. The molecule has 0 aliphatic heterocycles. The minimum atomic E-state index is -0.542. The van der Waals surface area contributed by atoms with Gasteiger partial charge < -0.3 is 15.3 Å². The zero-order valence-electron chi connectivity index (χ0n) is 13.7. The molecule has 0 atom stereocenters. The molecule has 0 radical (unpaired) electrons. The molecular weight excluding hydrogens is 302 g/mol. The summed E-state index contributed by atoms with van der Waals surface area (Å²) in [7, 11) is 0. The number of para-hydroxylation sites is 1. The van der Waals surface area contributed by atoms with E-state index < -0.39 is 5.63 Å². The number of anilines is 1. The first-order valence-electron chi connectivity index (χ1n) is 7.73. The molecule has 0 saturated heterocycles. The van der Waals surface area contributed by atoms with Gasteiger partial charge in [0.1, 0.15) is 11.3 Å². The number of aliphatic hydroxyl groups is 1. The van der Waals surface area contributed by atoms with Crippen molar-refractivity contribution in [1.82, 2.24) is 0 Å². The van der Waals surface area contributed by atoms with Crippen LogP contribution in [0.5, 0.6) is 0 Å². The van der Waals surface area contributed by atoms with E-state index in [0.29, 0.717) is 28.7 Å². The number of fused-ring (bicyclic) bond motifs is 1. The lowest BCUT2D eigenvalue weighted by molar-refractivity contribution is 0.400. The van der Waals surface area contributed by atoms with Gasteiger partial charge in [-0.1, -0.05) is 42.0 Å². The summed E-state index contributed by atoms with van der Waals surface area (Å²) < 4.78 is 5.33. The smallest absolute Gasteiger partial charge is 0.346 e. The van der Waals surface area contributed by atoms with E-state index in [4.69, 9.17) is 10.2 Å². The summed E-state index contributed by atoms with van der Waals surface area (Å²) in [6, 6.07) is 15.0. The standard InChI is InChI=1S/C20H19NO3/c1-12-6-5-7-14(10-12)11-16(22)13(2)18-19(21)15-8-3-4-9-17(15)24-20(18)23/h3-10,22H,11,21H2,1-2H3/b16-13-. The average Bonchev–Trinajstić information content (AvgIpc) is 2.54. The Bertz CT molecular complexity index is 999. The van der Waals surface area contributed by atoms with Gasteiger partial charge in [-0.3, -0.25) is 0 Å². The molecule has 4 nitrogen and oxygen atoms in total. The number of allylic oxidation sites excluding steroid dienone is 2. The SMILES string of the molecule is C/C(=C(/O)Cc1cccc(C)c1)c1c(N)c2ccccc2oc1=O. The maximum atomic E-state index is 12.3. The van der Waals surface area contributed by atoms with Crippen LogP contribution >= 0.6 is 0 Å². The molecule has 3 aromatic rings.